The molecule has 1 aromatic heterocycles. The number of aryl methyl sites for hydroxylation is 1. The highest BCUT2D eigenvalue weighted by molar-refractivity contribution is 5.94. The molecule has 1 aromatic rings. The number of likely N-dealkylation sites (N-methyl/N-ethyl adjacent to an activating group) is 1. The van der Waals surface area contributed by atoms with Crippen LogP contribution in [0.1, 0.15) is 17.4 Å². The van der Waals surface area contributed by atoms with E-state index in [4.69, 9.17) is 0 Å². The first-order valence-corrected chi connectivity index (χ1v) is 7.08. The Morgan fingerprint density at radius 2 is 1.95 bits per heavy atom. The first kappa shape index (κ1) is 16.0. The molecular weight excluding hydrogens is 286 g/mol. The molecule has 0 spiro atoms. The fraction of sp³-hybridized carbons (Fsp3) is 0.571. The van der Waals surface area contributed by atoms with Crippen molar-refractivity contribution in [2.45, 2.75) is 13.0 Å². The zero-order valence-corrected chi connectivity index (χ0v) is 13.3. The van der Waals surface area contributed by atoms with E-state index in [1.54, 1.807) is 43.0 Å². The van der Waals surface area contributed by atoms with Crippen LogP contribution < -0.4 is 0 Å². The maximum atomic E-state index is 12.4. The Balaban J connectivity index is 2.18. The van der Waals surface area contributed by atoms with Gasteiger partial charge in [0.2, 0.25) is 11.8 Å². The highest BCUT2D eigenvalue weighted by Gasteiger charge is 2.37. The van der Waals surface area contributed by atoms with Gasteiger partial charge in [-0.05, 0) is 6.07 Å². The van der Waals surface area contributed by atoms with Gasteiger partial charge in [-0.25, -0.2) is 0 Å². The van der Waals surface area contributed by atoms with Crippen molar-refractivity contribution in [1.29, 1.82) is 0 Å². The van der Waals surface area contributed by atoms with Gasteiger partial charge in [0.1, 0.15) is 11.7 Å². The normalized spacial score (nSPS) is 18.3. The zero-order chi connectivity index (χ0) is 16.4. The number of nitrogens with zero attached hydrogens (tertiary/aromatic N) is 5. The van der Waals surface area contributed by atoms with Crippen LogP contribution in [0.25, 0.3) is 0 Å². The molecule has 8 nitrogen and oxygen atoms in total. The van der Waals surface area contributed by atoms with E-state index in [1.165, 1.54) is 16.7 Å². The summed E-state index contributed by atoms with van der Waals surface area (Å²) in [5.74, 6) is -0.570. The van der Waals surface area contributed by atoms with Gasteiger partial charge in [0.25, 0.3) is 5.91 Å². The summed E-state index contributed by atoms with van der Waals surface area (Å²) in [5.41, 5.74) is 0.342. The van der Waals surface area contributed by atoms with E-state index in [0.717, 1.165) is 0 Å². The molecule has 3 amide bonds. The highest BCUT2D eigenvalue weighted by Crippen LogP contribution is 2.14. The first-order valence-electron chi connectivity index (χ1n) is 7.08. The smallest absolute Gasteiger partial charge is 0.274 e. The summed E-state index contributed by atoms with van der Waals surface area (Å²) in [6.07, 6.45) is 1.70. The highest BCUT2D eigenvalue weighted by atomic mass is 16.2. The predicted molar refractivity (Wildman–Crippen MR) is 79.0 cm³/mol. The minimum atomic E-state index is -0.645. The maximum absolute atomic E-state index is 12.4. The summed E-state index contributed by atoms with van der Waals surface area (Å²) in [7, 11) is 5.02. The van der Waals surface area contributed by atoms with E-state index >= 15 is 0 Å². The fourth-order valence-corrected chi connectivity index (χ4v) is 2.54. The summed E-state index contributed by atoms with van der Waals surface area (Å²) in [6, 6.07) is 0.997. The molecule has 0 unspecified atom stereocenters. The summed E-state index contributed by atoms with van der Waals surface area (Å²) in [6.45, 7) is 2.36. The van der Waals surface area contributed by atoms with Crippen LogP contribution >= 0.6 is 0 Å². The Morgan fingerprint density at radius 1 is 1.27 bits per heavy atom. The van der Waals surface area contributed by atoms with Crippen molar-refractivity contribution in [3.63, 3.8) is 0 Å². The van der Waals surface area contributed by atoms with E-state index in [0.29, 0.717) is 18.8 Å². The average Bonchev–Trinajstić information content (AvgIpc) is 2.91. The van der Waals surface area contributed by atoms with Crippen molar-refractivity contribution in [2.75, 3.05) is 33.7 Å². The van der Waals surface area contributed by atoms with Crippen molar-refractivity contribution in [3.8, 4) is 0 Å². The zero-order valence-electron chi connectivity index (χ0n) is 13.3. The van der Waals surface area contributed by atoms with Gasteiger partial charge in [-0.2, -0.15) is 5.10 Å². The molecule has 0 saturated carbocycles. The molecule has 0 aliphatic carbocycles. The van der Waals surface area contributed by atoms with Gasteiger partial charge in [-0.3, -0.25) is 19.1 Å². The van der Waals surface area contributed by atoms with Gasteiger partial charge in [0.15, 0.2) is 0 Å². The third-order valence-corrected chi connectivity index (χ3v) is 3.73. The molecule has 0 bridgehead atoms. The second kappa shape index (κ2) is 6.17. The number of carbonyl (C=O) groups is 3. The molecule has 0 N–H and O–H groups in total. The molecular formula is C14H21N5O3. The molecule has 1 atom stereocenters. The van der Waals surface area contributed by atoms with E-state index in [2.05, 4.69) is 5.10 Å². The van der Waals surface area contributed by atoms with E-state index in [1.807, 2.05) is 0 Å². The number of hydrogen-bond donors (Lipinski definition) is 0. The Morgan fingerprint density at radius 3 is 2.45 bits per heavy atom. The van der Waals surface area contributed by atoms with Gasteiger partial charge in [-0.15, -0.1) is 0 Å². The van der Waals surface area contributed by atoms with Gasteiger partial charge < -0.3 is 14.7 Å². The maximum Gasteiger partial charge on any atom is 0.274 e. The lowest BCUT2D eigenvalue weighted by molar-refractivity contribution is -0.146. The second-order valence-electron chi connectivity index (χ2n) is 5.59. The van der Waals surface area contributed by atoms with Crippen molar-refractivity contribution < 1.29 is 14.4 Å². The van der Waals surface area contributed by atoms with E-state index < -0.39 is 6.04 Å². The third kappa shape index (κ3) is 3.10. The largest absolute Gasteiger partial charge is 0.347 e. The van der Waals surface area contributed by atoms with Crippen LogP contribution in [0, 0.1) is 0 Å². The molecule has 120 valence electrons. The number of hydrogen-bond acceptors (Lipinski definition) is 4. The topological polar surface area (TPSA) is 78.8 Å². The van der Waals surface area contributed by atoms with E-state index in [9.17, 15) is 14.4 Å². The van der Waals surface area contributed by atoms with Gasteiger partial charge in [-0.1, -0.05) is 0 Å². The number of amides is 3. The van der Waals surface area contributed by atoms with Crippen LogP contribution in [0.5, 0.6) is 0 Å². The Labute approximate surface area is 129 Å². The van der Waals surface area contributed by atoms with Crippen LogP contribution in [0.4, 0.5) is 0 Å². The number of aromatic nitrogens is 2. The van der Waals surface area contributed by atoms with Crippen molar-refractivity contribution in [2.24, 2.45) is 7.05 Å². The quantitative estimate of drug-likeness (QED) is 0.715. The Bertz CT molecular complexity index is 595. The van der Waals surface area contributed by atoms with Crippen LogP contribution in [-0.4, -0.2) is 82.0 Å². The summed E-state index contributed by atoms with van der Waals surface area (Å²) in [4.78, 5) is 41.0. The Hall–Kier alpha value is -2.38. The van der Waals surface area contributed by atoms with Crippen molar-refractivity contribution >= 4 is 17.7 Å². The first-order chi connectivity index (χ1) is 10.3. The molecule has 1 aliphatic heterocycles. The van der Waals surface area contributed by atoms with Gasteiger partial charge in [0, 0.05) is 47.4 Å². The molecule has 0 aromatic carbocycles. The number of piperazine rings is 1. The number of carbonyl (C=O) groups excluding carboxylic acids is 3. The van der Waals surface area contributed by atoms with Gasteiger partial charge in [0.05, 0.1) is 6.54 Å². The van der Waals surface area contributed by atoms with Crippen LogP contribution in [-0.2, 0) is 16.6 Å². The molecule has 1 fully saturated rings. The molecule has 8 heteroatoms. The lowest BCUT2D eigenvalue weighted by atomic mass is 10.1. The van der Waals surface area contributed by atoms with Crippen LogP contribution in [0.3, 0.4) is 0 Å². The minimum Gasteiger partial charge on any atom is -0.347 e. The molecule has 2 rings (SSSR count). The standard InChI is InChI=1S/C14H21N5O3/c1-10(20)19-8-7-18(9-12(19)14(22)16(2)3)13(21)11-5-6-17(4)15-11/h5-6,12H,7-9H2,1-4H3/t12-/m1/s1. The second-order valence-corrected chi connectivity index (χ2v) is 5.59. The molecule has 1 aliphatic rings. The SMILES string of the molecule is CC(=O)N1CCN(C(=O)c2ccn(C)n2)C[C@@H]1C(=O)N(C)C. The van der Waals surface area contributed by atoms with Crippen LogP contribution in [0.2, 0.25) is 0 Å². The number of rotatable bonds is 2. The molecule has 2 heterocycles. The summed E-state index contributed by atoms with van der Waals surface area (Å²) >= 11 is 0. The average molecular weight is 307 g/mol. The van der Waals surface area contributed by atoms with Crippen molar-refractivity contribution in [1.82, 2.24) is 24.5 Å². The molecule has 1 saturated heterocycles. The summed E-state index contributed by atoms with van der Waals surface area (Å²) in [5, 5.41) is 4.09. The summed E-state index contributed by atoms with van der Waals surface area (Å²) < 4.78 is 1.56. The van der Waals surface area contributed by atoms with Gasteiger partial charge >= 0.3 is 0 Å². The minimum absolute atomic E-state index is 0.162. The van der Waals surface area contributed by atoms with Crippen molar-refractivity contribution in [3.05, 3.63) is 18.0 Å². The van der Waals surface area contributed by atoms with E-state index in [-0.39, 0.29) is 24.3 Å². The molecule has 0 radical (unpaired) electrons. The monoisotopic (exact) mass is 307 g/mol. The lowest BCUT2D eigenvalue weighted by Crippen LogP contribution is -2.61. The Kier molecular flexibility index (Phi) is 4.48. The predicted octanol–water partition coefficient (Wildman–Crippen LogP) is -0.819. The fourth-order valence-electron chi connectivity index (χ4n) is 2.54. The lowest BCUT2D eigenvalue weighted by Gasteiger charge is -2.40. The third-order valence-electron chi connectivity index (χ3n) is 3.73. The molecule has 22 heavy (non-hydrogen) atoms. The van der Waals surface area contributed by atoms with Crippen LogP contribution in [0.15, 0.2) is 12.3 Å².